The summed E-state index contributed by atoms with van der Waals surface area (Å²) < 4.78 is 0. The van der Waals surface area contributed by atoms with Crippen LogP contribution in [0, 0.1) is 29.1 Å². The molecule has 2 aliphatic carbocycles. The van der Waals surface area contributed by atoms with Crippen LogP contribution in [-0.4, -0.2) is 11.7 Å². The van der Waals surface area contributed by atoms with E-state index in [2.05, 4.69) is 20.8 Å². The molecule has 0 amide bonds. The van der Waals surface area contributed by atoms with Gasteiger partial charge in [-0.3, -0.25) is 0 Å². The first kappa shape index (κ1) is 11.4. The Morgan fingerprint density at radius 1 is 1.33 bits per heavy atom. The molecule has 0 radical (unpaired) electrons. The molecule has 2 rings (SSSR count). The van der Waals surface area contributed by atoms with Crippen LogP contribution in [-0.2, 0) is 0 Å². The minimum Gasteiger partial charge on any atom is -0.396 e. The fraction of sp³-hybridized carbons (Fsp3) is 1.00. The van der Waals surface area contributed by atoms with E-state index in [4.69, 9.17) is 0 Å². The van der Waals surface area contributed by atoms with Crippen LogP contribution < -0.4 is 0 Å². The summed E-state index contributed by atoms with van der Waals surface area (Å²) in [7, 11) is 0. The third-order valence-electron chi connectivity index (χ3n) is 5.52. The van der Waals surface area contributed by atoms with Gasteiger partial charge >= 0.3 is 0 Å². The molecule has 1 nitrogen and oxygen atoms in total. The molecule has 1 N–H and O–H groups in total. The lowest BCUT2D eigenvalue weighted by atomic mass is 9.60. The van der Waals surface area contributed by atoms with Crippen LogP contribution in [0.3, 0.4) is 0 Å². The predicted molar refractivity (Wildman–Crippen MR) is 63.6 cm³/mol. The van der Waals surface area contributed by atoms with Crippen molar-refractivity contribution in [2.45, 2.75) is 52.9 Å². The van der Waals surface area contributed by atoms with Crippen molar-refractivity contribution in [1.82, 2.24) is 0 Å². The summed E-state index contributed by atoms with van der Waals surface area (Å²) in [4.78, 5) is 0. The highest BCUT2D eigenvalue weighted by Gasteiger charge is 2.51. The third-order valence-corrected chi connectivity index (χ3v) is 5.52. The van der Waals surface area contributed by atoms with Crippen molar-refractivity contribution in [3.63, 3.8) is 0 Å². The smallest absolute Gasteiger partial charge is 0.0459 e. The summed E-state index contributed by atoms with van der Waals surface area (Å²) >= 11 is 0. The number of hydrogen-bond donors (Lipinski definition) is 1. The second-order valence-corrected chi connectivity index (χ2v) is 6.33. The van der Waals surface area contributed by atoms with Gasteiger partial charge in [0, 0.05) is 6.61 Å². The van der Waals surface area contributed by atoms with Gasteiger partial charge in [0.2, 0.25) is 0 Å². The van der Waals surface area contributed by atoms with Gasteiger partial charge in [-0.15, -0.1) is 0 Å². The van der Waals surface area contributed by atoms with Crippen molar-refractivity contribution in [3.8, 4) is 0 Å². The molecule has 15 heavy (non-hydrogen) atoms. The first-order chi connectivity index (χ1) is 7.09. The monoisotopic (exact) mass is 210 g/mol. The Morgan fingerprint density at radius 2 is 2.07 bits per heavy atom. The molecule has 0 aromatic carbocycles. The zero-order chi connectivity index (χ0) is 11.1. The summed E-state index contributed by atoms with van der Waals surface area (Å²) in [6, 6.07) is 0. The zero-order valence-electron chi connectivity index (χ0n) is 10.5. The molecule has 2 saturated carbocycles. The van der Waals surface area contributed by atoms with E-state index in [0.29, 0.717) is 17.9 Å². The van der Waals surface area contributed by atoms with Gasteiger partial charge in [0.1, 0.15) is 0 Å². The maximum absolute atomic E-state index is 9.37. The fourth-order valence-electron chi connectivity index (χ4n) is 4.67. The minimum atomic E-state index is 0.376. The second kappa shape index (κ2) is 4.08. The molecular formula is C14H26O. The van der Waals surface area contributed by atoms with Crippen molar-refractivity contribution >= 4 is 0 Å². The van der Waals surface area contributed by atoms with E-state index in [1.807, 2.05) is 0 Å². The van der Waals surface area contributed by atoms with Gasteiger partial charge in [-0.2, -0.15) is 0 Å². The van der Waals surface area contributed by atoms with Gasteiger partial charge in [0.25, 0.3) is 0 Å². The number of aliphatic hydroxyl groups excluding tert-OH is 1. The average molecular weight is 210 g/mol. The number of aliphatic hydroxyl groups is 1. The molecule has 0 aromatic heterocycles. The SMILES string of the molecule is CC1CCCC2(C)C1CCC2[C@H](C)CO. The molecular weight excluding hydrogens is 184 g/mol. The Labute approximate surface area is 94.3 Å². The summed E-state index contributed by atoms with van der Waals surface area (Å²) in [6.07, 6.45) is 7.00. The molecule has 0 aliphatic heterocycles. The van der Waals surface area contributed by atoms with Crippen molar-refractivity contribution in [3.05, 3.63) is 0 Å². The Balaban J connectivity index is 2.17. The lowest BCUT2D eigenvalue weighted by Gasteiger charge is -2.45. The lowest BCUT2D eigenvalue weighted by Crippen LogP contribution is -2.38. The van der Waals surface area contributed by atoms with Gasteiger partial charge < -0.3 is 5.11 Å². The summed E-state index contributed by atoms with van der Waals surface area (Å²) in [6.45, 7) is 7.55. The number of fused-ring (bicyclic) bond motifs is 1. The molecule has 0 spiro atoms. The zero-order valence-corrected chi connectivity index (χ0v) is 10.5. The predicted octanol–water partition coefficient (Wildman–Crippen LogP) is 3.47. The molecule has 2 aliphatic rings. The molecule has 0 aromatic rings. The Morgan fingerprint density at radius 3 is 2.73 bits per heavy atom. The highest BCUT2D eigenvalue weighted by atomic mass is 16.3. The molecule has 88 valence electrons. The maximum Gasteiger partial charge on any atom is 0.0459 e. The molecule has 2 fully saturated rings. The van der Waals surface area contributed by atoms with E-state index in [-0.39, 0.29) is 0 Å². The van der Waals surface area contributed by atoms with Crippen molar-refractivity contribution < 1.29 is 5.11 Å². The van der Waals surface area contributed by atoms with Gasteiger partial charge in [-0.25, -0.2) is 0 Å². The molecule has 0 saturated heterocycles. The average Bonchev–Trinajstić information content (AvgIpc) is 2.56. The minimum absolute atomic E-state index is 0.376. The topological polar surface area (TPSA) is 20.2 Å². The van der Waals surface area contributed by atoms with Gasteiger partial charge in [-0.1, -0.05) is 33.6 Å². The van der Waals surface area contributed by atoms with E-state index in [1.54, 1.807) is 0 Å². The quantitative estimate of drug-likeness (QED) is 0.740. The van der Waals surface area contributed by atoms with Gasteiger partial charge in [0.05, 0.1) is 0 Å². The van der Waals surface area contributed by atoms with Crippen molar-refractivity contribution in [2.24, 2.45) is 29.1 Å². The van der Waals surface area contributed by atoms with Crippen LogP contribution in [0.2, 0.25) is 0 Å². The van der Waals surface area contributed by atoms with E-state index < -0.39 is 0 Å². The number of hydrogen-bond acceptors (Lipinski definition) is 1. The van der Waals surface area contributed by atoms with E-state index in [9.17, 15) is 5.11 Å². The maximum atomic E-state index is 9.37. The fourth-order valence-corrected chi connectivity index (χ4v) is 4.67. The van der Waals surface area contributed by atoms with E-state index in [0.717, 1.165) is 17.8 Å². The number of rotatable bonds is 2. The summed E-state index contributed by atoms with van der Waals surface area (Å²) in [5.41, 5.74) is 0.541. The van der Waals surface area contributed by atoms with Crippen LogP contribution in [0.15, 0.2) is 0 Å². The molecule has 5 atom stereocenters. The summed E-state index contributed by atoms with van der Waals surface area (Å²) in [5.74, 6) is 3.13. The van der Waals surface area contributed by atoms with Gasteiger partial charge in [0.15, 0.2) is 0 Å². The first-order valence-corrected chi connectivity index (χ1v) is 6.70. The molecule has 0 heterocycles. The first-order valence-electron chi connectivity index (χ1n) is 6.70. The van der Waals surface area contributed by atoms with E-state index >= 15 is 0 Å². The van der Waals surface area contributed by atoms with Crippen molar-refractivity contribution in [1.29, 1.82) is 0 Å². The summed E-state index contributed by atoms with van der Waals surface area (Å²) in [5, 5.41) is 9.37. The largest absolute Gasteiger partial charge is 0.396 e. The van der Waals surface area contributed by atoms with Crippen LogP contribution >= 0.6 is 0 Å². The van der Waals surface area contributed by atoms with Crippen LogP contribution in [0.1, 0.15) is 52.9 Å². The molecule has 0 bridgehead atoms. The highest BCUT2D eigenvalue weighted by molar-refractivity contribution is 5.00. The van der Waals surface area contributed by atoms with Gasteiger partial charge in [-0.05, 0) is 48.3 Å². The standard InChI is InChI=1S/C14H26O/c1-10-5-4-8-14(3)12(10)6-7-13(14)11(2)9-15/h10-13,15H,4-9H2,1-3H3/t10?,11-,12?,13?,14?/m1/s1. The normalized spacial score (nSPS) is 47.6. The van der Waals surface area contributed by atoms with E-state index in [1.165, 1.54) is 32.1 Å². The lowest BCUT2D eigenvalue weighted by molar-refractivity contribution is 0.0229. The Kier molecular flexibility index (Phi) is 3.12. The Bertz CT molecular complexity index is 225. The highest BCUT2D eigenvalue weighted by Crippen LogP contribution is 2.59. The van der Waals surface area contributed by atoms with Crippen molar-refractivity contribution in [2.75, 3.05) is 6.61 Å². The molecule has 1 heteroatoms. The second-order valence-electron chi connectivity index (χ2n) is 6.33. The van der Waals surface area contributed by atoms with Crippen LogP contribution in [0.5, 0.6) is 0 Å². The van der Waals surface area contributed by atoms with Crippen LogP contribution in [0.4, 0.5) is 0 Å². The Hall–Kier alpha value is -0.0400. The third kappa shape index (κ3) is 1.73. The molecule has 4 unspecified atom stereocenters. The van der Waals surface area contributed by atoms with Crippen LogP contribution in [0.25, 0.3) is 0 Å².